The van der Waals surface area contributed by atoms with Gasteiger partial charge in [-0.15, -0.1) is 0 Å². The summed E-state index contributed by atoms with van der Waals surface area (Å²) in [4.78, 5) is 4.22. The second-order valence-electron chi connectivity index (χ2n) is 19.4. The van der Waals surface area contributed by atoms with Crippen molar-refractivity contribution in [2.75, 3.05) is 0 Å². The van der Waals surface area contributed by atoms with Crippen LogP contribution in [0.1, 0.15) is 58.2 Å². The predicted molar refractivity (Wildman–Crippen MR) is 262 cm³/mol. The molecule has 0 aromatic heterocycles. The van der Waals surface area contributed by atoms with Crippen LogP contribution in [0.3, 0.4) is 0 Å². The summed E-state index contributed by atoms with van der Waals surface area (Å²) in [6.07, 6.45) is 0. The lowest BCUT2D eigenvalue weighted by Gasteiger charge is -2.23. The van der Waals surface area contributed by atoms with E-state index in [4.69, 9.17) is 6.57 Å². The lowest BCUT2D eigenvalue weighted by Crippen LogP contribution is -2.11. The number of hydrogen-bond acceptors (Lipinski definition) is 1. The van der Waals surface area contributed by atoms with E-state index in [0.29, 0.717) is 11.3 Å². The van der Waals surface area contributed by atoms with E-state index in [0.717, 1.165) is 49.5 Å². The molecule has 0 aliphatic heterocycles. The third kappa shape index (κ3) is 4.90. The van der Waals surface area contributed by atoms with Gasteiger partial charge in [0.25, 0.3) is 0 Å². The van der Waals surface area contributed by atoms with Crippen molar-refractivity contribution >= 4 is 59.5 Å². The lowest BCUT2D eigenvalue weighted by atomic mass is 9.81. The van der Waals surface area contributed by atoms with Crippen molar-refractivity contribution in [1.82, 2.24) is 0 Å². The summed E-state index contributed by atoms with van der Waals surface area (Å²) in [7, 11) is 0. The Hall–Kier alpha value is -7.52. The van der Waals surface area contributed by atoms with Crippen LogP contribution in [0.2, 0.25) is 0 Å². The maximum Gasteiger partial charge on any atom is 0.195 e. The highest BCUT2D eigenvalue weighted by molar-refractivity contribution is 6.30. The maximum absolute atomic E-state index is 10.8. The largest absolute Gasteiger partial charge is 0.238 e. The van der Waals surface area contributed by atoms with Crippen LogP contribution in [-0.4, -0.2) is 0 Å². The molecule has 0 amide bonds. The van der Waals surface area contributed by atoms with Gasteiger partial charge >= 0.3 is 0 Å². The predicted octanol–water partition coefficient (Wildman–Crippen LogP) is 17.1. The molecule has 0 unspecified atom stereocenters. The van der Waals surface area contributed by atoms with E-state index in [-0.39, 0.29) is 10.8 Å². The van der Waals surface area contributed by atoms with Gasteiger partial charge in [0, 0.05) is 5.56 Å². The Balaban J connectivity index is 1.22. The van der Waals surface area contributed by atoms with Gasteiger partial charge in [0.15, 0.2) is 5.69 Å². The maximum atomic E-state index is 10.8. The molecular formula is C60H42N2. The van der Waals surface area contributed by atoms with Crippen LogP contribution >= 0.6 is 0 Å². The number of benzene rings is 10. The SMILES string of the molecule is [C-]#[N+]c1cc(C(C)(C)C)ccc1-c1c2c(cc3c1ccc1c4cc5c(c(-c6ccc(C(C)(C)C)cc6C#N)c4ccc31)-c1cccc3cccc-5c13)-c1cccc3cccc-2c13. The summed E-state index contributed by atoms with van der Waals surface area (Å²) in [6, 6.07) is 56.3. The first-order valence-corrected chi connectivity index (χ1v) is 21.6. The fraction of sp³-hybridized carbons (Fsp3) is 0.133. The molecule has 2 aliphatic rings. The minimum Gasteiger partial charge on any atom is -0.238 e. The Morgan fingerprint density at radius 2 is 0.839 bits per heavy atom. The lowest BCUT2D eigenvalue weighted by molar-refractivity contribution is 0.590. The van der Waals surface area contributed by atoms with Crippen molar-refractivity contribution in [3.63, 3.8) is 0 Å². The smallest absolute Gasteiger partial charge is 0.195 e. The van der Waals surface area contributed by atoms with Crippen LogP contribution in [0.5, 0.6) is 0 Å². The Morgan fingerprint density at radius 1 is 0.403 bits per heavy atom. The van der Waals surface area contributed by atoms with Gasteiger partial charge in [-0.3, -0.25) is 0 Å². The monoisotopic (exact) mass is 790 g/mol. The summed E-state index contributed by atoms with van der Waals surface area (Å²) < 4.78 is 0. The molecule has 292 valence electrons. The van der Waals surface area contributed by atoms with Crippen LogP contribution in [-0.2, 0) is 10.8 Å². The number of fused-ring (bicyclic) bond motifs is 11. The second kappa shape index (κ2) is 12.5. The van der Waals surface area contributed by atoms with Crippen LogP contribution in [0.4, 0.5) is 5.69 Å². The molecule has 0 fully saturated rings. The van der Waals surface area contributed by atoms with Crippen LogP contribution < -0.4 is 0 Å². The minimum absolute atomic E-state index is 0.0910. The fourth-order valence-electron chi connectivity index (χ4n) is 10.9. The van der Waals surface area contributed by atoms with Gasteiger partial charge in [0.1, 0.15) is 0 Å². The highest BCUT2D eigenvalue weighted by Gasteiger charge is 2.31. The molecular weight excluding hydrogens is 749 g/mol. The third-order valence-electron chi connectivity index (χ3n) is 13.9. The normalized spacial score (nSPS) is 12.6. The highest BCUT2D eigenvalue weighted by atomic mass is 14.6. The molecule has 0 saturated heterocycles. The van der Waals surface area contributed by atoms with Crippen LogP contribution in [0.15, 0.2) is 146 Å². The Labute approximate surface area is 362 Å². The first-order chi connectivity index (χ1) is 29.9. The van der Waals surface area contributed by atoms with Gasteiger partial charge in [0.05, 0.1) is 18.2 Å². The van der Waals surface area contributed by atoms with Gasteiger partial charge in [-0.05, 0) is 150 Å². The third-order valence-corrected chi connectivity index (χ3v) is 13.9. The average Bonchev–Trinajstić information content (AvgIpc) is 3.77. The molecule has 62 heavy (non-hydrogen) atoms. The van der Waals surface area contributed by atoms with Crippen molar-refractivity contribution in [1.29, 1.82) is 5.26 Å². The summed E-state index contributed by atoms with van der Waals surface area (Å²) in [5.74, 6) is 0. The number of nitrogens with zero attached hydrogens (tertiary/aromatic N) is 2. The van der Waals surface area contributed by atoms with E-state index in [9.17, 15) is 5.26 Å². The Kier molecular flexibility index (Phi) is 7.34. The molecule has 12 rings (SSSR count). The van der Waals surface area contributed by atoms with E-state index >= 15 is 0 Å². The van der Waals surface area contributed by atoms with E-state index in [1.807, 2.05) is 0 Å². The first kappa shape index (κ1) is 36.3. The number of hydrogen-bond donors (Lipinski definition) is 0. The van der Waals surface area contributed by atoms with Crippen molar-refractivity contribution in [3.8, 4) is 72.8 Å². The second-order valence-corrected chi connectivity index (χ2v) is 19.4. The zero-order valence-electron chi connectivity index (χ0n) is 35.8. The molecule has 0 bridgehead atoms. The fourth-order valence-corrected chi connectivity index (χ4v) is 10.9. The van der Waals surface area contributed by atoms with E-state index in [2.05, 4.69) is 198 Å². The Bertz CT molecular complexity index is 3520. The molecule has 0 heterocycles. The van der Waals surface area contributed by atoms with E-state index < -0.39 is 0 Å². The van der Waals surface area contributed by atoms with Crippen molar-refractivity contribution in [2.24, 2.45) is 0 Å². The molecule has 0 spiro atoms. The van der Waals surface area contributed by atoms with Crippen molar-refractivity contribution in [3.05, 3.63) is 174 Å². The van der Waals surface area contributed by atoms with Crippen LogP contribution in [0, 0.1) is 17.9 Å². The standard InChI is InChI=1S/C60H42N2/c1-59(2,3)36-20-22-38(35(28-36)32-61)55-43-26-24-40-39(48(43)30-50-41-16-8-12-33-14-10-18-46(53(33)41)57(50)55)25-27-44-49(40)31-51-42-17-9-13-34-15-11-19-47(54(34)42)58(51)56(44)45-23-21-37(60(4,5)6)29-52(45)62-7/h8-31H,1-6H3. The van der Waals surface area contributed by atoms with Gasteiger partial charge in [-0.25, -0.2) is 4.85 Å². The molecule has 0 atom stereocenters. The minimum atomic E-state index is -0.0972. The van der Waals surface area contributed by atoms with Crippen molar-refractivity contribution < 1.29 is 0 Å². The van der Waals surface area contributed by atoms with Crippen LogP contribution in [0.25, 0.3) is 125 Å². The Morgan fingerprint density at radius 3 is 1.31 bits per heavy atom. The molecule has 2 aliphatic carbocycles. The molecule has 0 N–H and O–H groups in total. The zero-order chi connectivity index (χ0) is 42.4. The molecule has 0 saturated carbocycles. The summed E-state index contributed by atoms with van der Waals surface area (Å²) in [5, 5.41) is 22.8. The quantitative estimate of drug-likeness (QED) is 0.127. The zero-order valence-corrected chi connectivity index (χ0v) is 35.8. The molecule has 2 heteroatoms. The van der Waals surface area contributed by atoms with Gasteiger partial charge in [-0.2, -0.15) is 5.26 Å². The highest BCUT2D eigenvalue weighted by Crippen LogP contribution is 2.58. The average molecular weight is 791 g/mol. The molecule has 2 nitrogen and oxygen atoms in total. The first-order valence-electron chi connectivity index (χ1n) is 21.6. The van der Waals surface area contributed by atoms with Gasteiger partial charge < -0.3 is 0 Å². The van der Waals surface area contributed by atoms with E-state index in [1.165, 1.54) is 82.2 Å². The topological polar surface area (TPSA) is 28.1 Å². The summed E-state index contributed by atoms with van der Waals surface area (Å²) in [6.45, 7) is 21.8. The molecule has 10 aromatic carbocycles. The molecule has 0 radical (unpaired) electrons. The summed E-state index contributed by atoms with van der Waals surface area (Å²) >= 11 is 0. The number of nitriles is 1. The number of rotatable bonds is 2. The summed E-state index contributed by atoms with van der Waals surface area (Å²) in [5.41, 5.74) is 17.3. The van der Waals surface area contributed by atoms with E-state index in [1.54, 1.807) is 0 Å². The van der Waals surface area contributed by atoms with Gasteiger partial charge in [-0.1, -0.05) is 174 Å². The molecule has 10 aromatic rings. The van der Waals surface area contributed by atoms with Crippen molar-refractivity contribution in [2.45, 2.75) is 52.4 Å². The van der Waals surface area contributed by atoms with Gasteiger partial charge in [0.2, 0.25) is 0 Å².